The molecule has 5 nitrogen and oxygen atoms in total. The summed E-state index contributed by atoms with van der Waals surface area (Å²) in [6.45, 7) is 1.52. The summed E-state index contributed by atoms with van der Waals surface area (Å²) in [5.41, 5.74) is 0.902. The van der Waals surface area contributed by atoms with Crippen LogP contribution in [0, 0.1) is 11.3 Å². The van der Waals surface area contributed by atoms with E-state index in [4.69, 9.17) is 4.74 Å². The van der Waals surface area contributed by atoms with Gasteiger partial charge in [-0.2, -0.15) is 5.10 Å². The van der Waals surface area contributed by atoms with Gasteiger partial charge >= 0.3 is 0 Å². The van der Waals surface area contributed by atoms with Crippen LogP contribution in [0.3, 0.4) is 0 Å². The lowest BCUT2D eigenvalue weighted by molar-refractivity contribution is -0.286. The summed E-state index contributed by atoms with van der Waals surface area (Å²) in [6.07, 6.45) is 6.38. The minimum Gasteiger partial charge on any atom is -0.396 e. The zero-order valence-corrected chi connectivity index (χ0v) is 12.6. The van der Waals surface area contributed by atoms with Crippen LogP contribution in [0.2, 0.25) is 0 Å². The standard InChI is InChI=1S/C17H21N3O2/c21-10-16-7-6-15(8-14-4-2-1-3-5-14)17(16,22-11-16)9-20-13-18-12-19-20/h1-5,12-13,15,21H,6-11H2. The topological polar surface area (TPSA) is 60.2 Å². The lowest BCUT2D eigenvalue weighted by Gasteiger charge is -2.56. The number of ether oxygens (including phenoxy) is 1. The molecule has 4 rings (SSSR count). The second-order valence-electron chi connectivity index (χ2n) is 6.63. The first-order valence-corrected chi connectivity index (χ1v) is 7.89. The van der Waals surface area contributed by atoms with Crippen molar-refractivity contribution in [2.45, 2.75) is 31.4 Å². The molecule has 2 aromatic rings. The molecule has 1 aliphatic carbocycles. The molecule has 5 heteroatoms. The highest BCUT2D eigenvalue weighted by molar-refractivity contribution is 5.21. The maximum atomic E-state index is 10.00. The number of aliphatic hydroxyl groups excluding tert-OH is 1. The first-order chi connectivity index (χ1) is 10.8. The summed E-state index contributed by atoms with van der Waals surface area (Å²) in [5.74, 6) is 0.403. The third-order valence-electron chi connectivity index (χ3n) is 5.63. The smallest absolute Gasteiger partial charge is 0.137 e. The van der Waals surface area contributed by atoms with Gasteiger partial charge in [0.15, 0.2) is 0 Å². The number of rotatable bonds is 5. The summed E-state index contributed by atoms with van der Waals surface area (Å²) >= 11 is 0. The Kier molecular flexibility index (Phi) is 3.27. The number of aromatic nitrogens is 3. The van der Waals surface area contributed by atoms with Gasteiger partial charge in [0, 0.05) is 5.41 Å². The maximum Gasteiger partial charge on any atom is 0.137 e. The van der Waals surface area contributed by atoms with E-state index in [1.807, 2.05) is 10.7 Å². The van der Waals surface area contributed by atoms with Gasteiger partial charge in [0.25, 0.3) is 0 Å². The highest BCUT2D eigenvalue weighted by Crippen LogP contribution is 2.60. The van der Waals surface area contributed by atoms with Crippen molar-refractivity contribution in [1.82, 2.24) is 14.8 Å². The van der Waals surface area contributed by atoms with E-state index in [1.165, 1.54) is 5.56 Å². The van der Waals surface area contributed by atoms with Crippen molar-refractivity contribution in [2.24, 2.45) is 11.3 Å². The molecule has 0 bridgehead atoms. The van der Waals surface area contributed by atoms with Crippen molar-refractivity contribution in [2.75, 3.05) is 13.2 Å². The molecule has 116 valence electrons. The van der Waals surface area contributed by atoms with Gasteiger partial charge in [-0.1, -0.05) is 30.3 Å². The van der Waals surface area contributed by atoms with Gasteiger partial charge in [0.2, 0.25) is 0 Å². The van der Waals surface area contributed by atoms with Crippen molar-refractivity contribution in [3.63, 3.8) is 0 Å². The lowest BCUT2D eigenvalue weighted by atomic mass is 9.66. The fourth-order valence-corrected chi connectivity index (χ4v) is 4.30. The average molecular weight is 299 g/mol. The number of nitrogens with zero attached hydrogens (tertiary/aromatic N) is 3. The minimum atomic E-state index is -0.314. The number of hydrogen-bond acceptors (Lipinski definition) is 4. The second kappa shape index (κ2) is 5.18. The molecule has 3 unspecified atom stereocenters. The molecule has 1 N–H and O–H groups in total. The van der Waals surface area contributed by atoms with Crippen LogP contribution in [0.25, 0.3) is 0 Å². The van der Waals surface area contributed by atoms with E-state index in [2.05, 4.69) is 34.3 Å². The third kappa shape index (κ3) is 1.92. The fourth-order valence-electron chi connectivity index (χ4n) is 4.30. The zero-order valence-electron chi connectivity index (χ0n) is 12.6. The zero-order chi connectivity index (χ0) is 15.0. The van der Waals surface area contributed by atoms with Crippen molar-refractivity contribution < 1.29 is 9.84 Å². The third-order valence-corrected chi connectivity index (χ3v) is 5.63. The molecule has 0 radical (unpaired) electrons. The van der Waals surface area contributed by atoms with Crippen LogP contribution in [-0.2, 0) is 17.7 Å². The summed E-state index contributed by atoms with van der Waals surface area (Å²) in [4.78, 5) is 4.04. The quantitative estimate of drug-likeness (QED) is 0.912. The summed E-state index contributed by atoms with van der Waals surface area (Å²) in [7, 11) is 0. The monoisotopic (exact) mass is 299 g/mol. The first kappa shape index (κ1) is 13.9. The Balaban J connectivity index is 1.63. The Bertz CT molecular complexity index is 627. The molecule has 1 saturated heterocycles. The normalized spacial score (nSPS) is 33.4. The lowest BCUT2D eigenvalue weighted by Crippen LogP contribution is -2.66. The number of hydrogen-bond donors (Lipinski definition) is 1. The molecule has 3 atom stereocenters. The van der Waals surface area contributed by atoms with Crippen LogP contribution in [0.5, 0.6) is 0 Å². The molecule has 0 amide bonds. The summed E-state index contributed by atoms with van der Waals surface area (Å²) in [6, 6.07) is 10.5. The SMILES string of the molecule is OCC12CCC(Cc3ccccc3)C1(Cn1cncn1)OC2. The average Bonchev–Trinajstić information content (AvgIpc) is 3.11. The van der Waals surface area contributed by atoms with Gasteiger partial charge in [-0.15, -0.1) is 0 Å². The van der Waals surface area contributed by atoms with E-state index in [-0.39, 0.29) is 17.6 Å². The first-order valence-electron chi connectivity index (χ1n) is 7.89. The summed E-state index contributed by atoms with van der Waals surface area (Å²) < 4.78 is 7.99. The molecular formula is C17H21N3O2. The maximum absolute atomic E-state index is 10.00. The Morgan fingerprint density at radius 3 is 2.82 bits per heavy atom. The van der Waals surface area contributed by atoms with E-state index in [9.17, 15) is 5.11 Å². The largest absolute Gasteiger partial charge is 0.396 e. The van der Waals surface area contributed by atoms with Crippen molar-refractivity contribution in [3.8, 4) is 0 Å². The fraction of sp³-hybridized carbons (Fsp3) is 0.529. The van der Waals surface area contributed by atoms with E-state index >= 15 is 0 Å². The van der Waals surface area contributed by atoms with Gasteiger partial charge in [0.1, 0.15) is 18.3 Å². The number of benzene rings is 1. The van der Waals surface area contributed by atoms with Crippen molar-refractivity contribution in [1.29, 1.82) is 0 Å². The molecular weight excluding hydrogens is 278 g/mol. The molecule has 22 heavy (non-hydrogen) atoms. The molecule has 1 aromatic heterocycles. The van der Waals surface area contributed by atoms with E-state index in [1.54, 1.807) is 12.7 Å². The molecule has 2 fully saturated rings. The van der Waals surface area contributed by atoms with E-state index in [0.717, 1.165) is 19.3 Å². The van der Waals surface area contributed by atoms with Crippen LogP contribution in [0.1, 0.15) is 18.4 Å². The Morgan fingerprint density at radius 2 is 2.18 bits per heavy atom. The van der Waals surface area contributed by atoms with Crippen molar-refractivity contribution in [3.05, 3.63) is 48.5 Å². The number of aliphatic hydroxyl groups is 1. The van der Waals surface area contributed by atoms with Crippen LogP contribution in [-0.4, -0.2) is 38.7 Å². The molecule has 1 aromatic carbocycles. The van der Waals surface area contributed by atoms with Crippen molar-refractivity contribution >= 4 is 0 Å². The van der Waals surface area contributed by atoms with Gasteiger partial charge in [-0.3, -0.25) is 4.68 Å². The van der Waals surface area contributed by atoms with Gasteiger partial charge in [-0.25, -0.2) is 4.98 Å². The molecule has 1 aliphatic heterocycles. The molecule has 0 spiro atoms. The minimum absolute atomic E-state index is 0.113. The van der Waals surface area contributed by atoms with E-state index < -0.39 is 0 Å². The van der Waals surface area contributed by atoms with Crippen LogP contribution < -0.4 is 0 Å². The van der Waals surface area contributed by atoms with E-state index in [0.29, 0.717) is 19.1 Å². The van der Waals surface area contributed by atoms with Crippen LogP contribution >= 0.6 is 0 Å². The van der Waals surface area contributed by atoms with Gasteiger partial charge < -0.3 is 9.84 Å². The Labute approximate surface area is 129 Å². The predicted molar refractivity (Wildman–Crippen MR) is 81.1 cm³/mol. The van der Waals surface area contributed by atoms with Gasteiger partial charge in [-0.05, 0) is 30.7 Å². The molecule has 1 saturated carbocycles. The van der Waals surface area contributed by atoms with Gasteiger partial charge in [0.05, 0.1) is 19.8 Å². The Morgan fingerprint density at radius 1 is 1.32 bits per heavy atom. The highest BCUT2D eigenvalue weighted by Gasteiger charge is 2.67. The molecule has 2 aliphatic rings. The summed E-state index contributed by atoms with van der Waals surface area (Å²) in [5, 5.41) is 14.2. The molecule has 2 heterocycles. The van der Waals surface area contributed by atoms with Crippen LogP contribution in [0.4, 0.5) is 0 Å². The Hall–Kier alpha value is -1.72. The number of fused-ring (bicyclic) bond motifs is 1. The predicted octanol–water partition coefficient (Wildman–Crippen LogP) is 1.68. The van der Waals surface area contributed by atoms with Crippen LogP contribution in [0.15, 0.2) is 43.0 Å². The highest BCUT2D eigenvalue weighted by atomic mass is 16.5. The second-order valence-corrected chi connectivity index (χ2v) is 6.63.